The average molecular weight is 569 g/mol. The Labute approximate surface area is 251 Å². The molecule has 232 valence electrons. The highest BCUT2D eigenvalue weighted by atomic mass is 16.3. The quantitative estimate of drug-likeness (QED) is 0.0961. The number of rotatable bonds is 24. The van der Waals surface area contributed by atoms with Crippen LogP contribution in [0.5, 0.6) is 0 Å². The van der Waals surface area contributed by atoms with Crippen molar-refractivity contribution >= 4 is 0 Å². The Morgan fingerprint density at radius 1 is 0.463 bits per heavy atom. The molecule has 0 saturated carbocycles. The summed E-state index contributed by atoms with van der Waals surface area (Å²) in [6.45, 7) is 2.89. The summed E-state index contributed by atoms with van der Waals surface area (Å²) in [4.78, 5) is 0. The van der Waals surface area contributed by atoms with Crippen molar-refractivity contribution in [3.63, 3.8) is 0 Å². The Morgan fingerprint density at radius 3 is 1.12 bits per heavy atom. The molecule has 2 aromatic carbocycles. The lowest BCUT2D eigenvalue weighted by Crippen LogP contribution is -2.55. The number of aryl methyl sites for hydroxylation is 2. The van der Waals surface area contributed by atoms with Crippen molar-refractivity contribution < 1.29 is 20.4 Å². The fourth-order valence-corrected chi connectivity index (χ4v) is 6.29. The molecule has 0 aliphatic heterocycles. The molecule has 2 rings (SSSR count). The molecule has 0 aliphatic rings. The van der Waals surface area contributed by atoms with Gasteiger partial charge in [0.15, 0.2) is 0 Å². The summed E-state index contributed by atoms with van der Waals surface area (Å²) < 4.78 is 0. The molecular weight excluding hydrogens is 508 g/mol. The van der Waals surface area contributed by atoms with Gasteiger partial charge in [-0.3, -0.25) is 0 Å². The Hall–Kier alpha value is -1.72. The lowest BCUT2D eigenvalue weighted by atomic mass is 9.63. The summed E-state index contributed by atoms with van der Waals surface area (Å²) in [7, 11) is 0. The number of aliphatic hydroxyl groups is 4. The van der Waals surface area contributed by atoms with Crippen LogP contribution in [0.2, 0.25) is 0 Å². The molecule has 4 heteroatoms. The molecule has 0 aliphatic carbocycles. The first-order valence-corrected chi connectivity index (χ1v) is 16.8. The zero-order chi connectivity index (χ0) is 29.8. The lowest BCUT2D eigenvalue weighted by Gasteiger charge is -2.46. The van der Waals surface area contributed by atoms with Crippen LogP contribution in [0.3, 0.4) is 0 Å². The van der Waals surface area contributed by atoms with Gasteiger partial charge in [-0.05, 0) is 47.9 Å². The zero-order valence-electron chi connectivity index (χ0n) is 26.3. The number of unbranched alkanes of at least 4 members (excludes halogenated alkanes) is 14. The van der Waals surface area contributed by atoms with Crippen LogP contribution in [0.25, 0.3) is 0 Å². The largest absolute Gasteiger partial charge is 0.395 e. The minimum absolute atomic E-state index is 0.533. The van der Waals surface area contributed by atoms with Gasteiger partial charge in [0.25, 0.3) is 0 Å². The van der Waals surface area contributed by atoms with E-state index in [0.717, 1.165) is 49.7 Å². The van der Waals surface area contributed by atoms with Crippen LogP contribution in [0, 0.1) is 5.41 Å². The maximum atomic E-state index is 12.8. The second kappa shape index (κ2) is 20.2. The molecule has 4 nitrogen and oxygen atoms in total. The standard InChI is InChI=1S/C37H60O4/c1-3-5-7-9-11-13-15-17-23-32-25-19-21-27-34(32)37(41,36(29-38,30-39)31-40)35-28-22-20-26-33(35)24-18-16-14-12-10-8-6-4-2/h19-22,25-28,38-41H,3-18,23-24,29-31H2,1-2H3. The van der Waals surface area contributed by atoms with E-state index in [1.807, 2.05) is 36.4 Å². The van der Waals surface area contributed by atoms with Gasteiger partial charge in [-0.1, -0.05) is 152 Å². The molecule has 0 aromatic heterocycles. The van der Waals surface area contributed by atoms with Crippen molar-refractivity contribution in [1.82, 2.24) is 0 Å². The molecule has 0 unspecified atom stereocenters. The normalized spacial score (nSPS) is 12.2. The molecule has 0 saturated heterocycles. The summed E-state index contributed by atoms with van der Waals surface area (Å²) >= 11 is 0. The van der Waals surface area contributed by atoms with Crippen molar-refractivity contribution in [2.24, 2.45) is 5.41 Å². The highest BCUT2D eigenvalue weighted by molar-refractivity contribution is 5.47. The second-order valence-electron chi connectivity index (χ2n) is 12.2. The Kier molecular flexibility index (Phi) is 17.5. The minimum atomic E-state index is -1.74. The summed E-state index contributed by atoms with van der Waals surface area (Å²) in [5, 5.41) is 44.6. The molecule has 0 spiro atoms. The Balaban J connectivity index is 2.28. The highest BCUT2D eigenvalue weighted by Crippen LogP contribution is 2.47. The van der Waals surface area contributed by atoms with E-state index in [1.165, 1.54) is 77.0 Å². The van der Waals surface area contributed by atoms with Crippen LogP contribution in [-0.2, 0) is 18.4 Å². The van der Waals surface area contributed by atoms with Crippen LogP contribution in [0.15, 0.2) is 48.5 Å². The van der Waals surface area contributed by atoms with Gasteiger partial charge in [0.1, 0.15) is 5.60 Å². The maximum absolute atomic E-state index is 12.8. The fourth-order valence-electron chi connectivity index (χ4n) is 6.29. The zero-order valence-corrected chi connectivity index (χ0v) is 26.3. The molecule has 41 heavy (non-hydrogen) atoms. The van der Waals surface area contributed by atoms with Gasteiger partial charge in [-0.25, -0.2) is 0 Å². The predicted molar refractivity (Wildman–Crippen MR) is 172 cm³/mol. The van der Waals surface area contributed by atoms with E-state index in [0.29, 0.717) is 11.1 Å². The van der Waals surface area contributed by atoms with Crippen molar-refractivity contribution in [1.29, 1.82) is 0 Å². The minimum Gasteiger partial charge on any atom is -0.395 e. The van der Waals surface area contributed by atoms with Crippen LogP contribution < -0.4 is 0 Å². The first kappa shape index (κ1) is 35.5. The molecule has 0 bridgehead atoms. The summed E-state index contributed by atoms with van der Waals surface area (Å²) in [5.74, 6) is 0. The number of hydrogen-bond donors (Lipinski definition) is 4. The molecule has 2 aromatic rings. The van der Waals surface area contributed by atoms with Crippen LogP contribution >= 0.6 is 0 Å². The second-order valence-corrected chi connectivity index (χ2v) is 12.2. The number of aliphatic hydroxyl groups excluding tert-OH is 3. The van der Waals surface area contributed by atoms with Gasteiger partial charge >= 0.3 is 0 Å². The fraction of sp³-hybridized carbons (Fsp3) is 0.676. The van der Waals surface area contributed by atoms with E-state index in [4.69, 9.17) is 0 Å². The van der Waals surface area contributed by atoms with Crippen molar-refractivity contribution in [2.45, 2.75) is 135 Å². The van der Waals surface area contributed by atoms with Crippen molar-refractivity contribution in [2.75, 3.05) is 19.8 Å². The number of benzene rings is 2. The Morgan fingerprint density at radius 2 is 0.780 bits per heavy atom. The average Bonchev–Trinajstić information content (AvgIpc) is 3.01. The number of hydrogen-bond acceptors (Lipinski definition) is 4. The van der Waals surface area contributed by atoms with Crippen LogP contribution in [0.4, 0.5) is 0 Å². The van der Waals surface area contributed by atoms with E-state index in [9.17, 15) is 20.4 Å². The molecule has 4 N–H and O–H groups in total. The van der Waals surface area contributed by atoms with E-state index < -0.39 is 30.8 Å². The third-order valence-electron chi connectivity index (χ3n) is 9.09. The third-order valence-corrected chi connectivity index (χ3v) is 9.09. The van der Waals surface area contributed by atoms with Crippen molar-refractivity contribution in [3.05, 3.63) is 70.8 Å². The van der Waals surface area contributed by atoms with Gasteiger partial charge in [-0.2, -0.15) is 0 Å². The first-order chi connectivity index (χ1) is 20.0. The lowest BCUT2D eigenvalue weighted by molar-refractivity contribution is -0.136. The smallest absolute Gasteiger partial charge is 0.127 e. The summed E-state index contributed by atoms with van der Waals surface area (Å²) in [5.41, 5.74) is 0.133. The third kappa shape index (κ3) is 10.2. The molecule has 0 atom stereocenters. The van der Waals surface area contributed by atoms with Gasteiger partial charge in [0.2, 0.25) is 0 Å². The van der Waals surface area contributed by atoms with E-state index >= 15 is 0 Å². The van der Waals surface area contributed by atoms with Gasteiger partial charge < -0.3 is 20.4 Å². The molecule has 0 amide bonds. The Bertz CT molecular complexity index is 864. The SMILES string of the molecule is CCCCCCCCCCc1ccccc1C(O)(c1ccccc1CCCCCCCCCC)C(CO)(CO)CO. The van der Waals surface area contributed by atoms with Crippen LogP contribution in [-0.4, -0.2) is 40.2 Å². The molecular formula is C37H60O4. The summed E-state index contributed by atoms with van der Waals surface area (Å²) in [6.07, 6.45) is 21.3. The maximum Gasteiger partial charge on any atom is 0.127 e. The van der Waals surface area contributed by atoms with Gasteiger partial charge in [-0.15, -0.1) is 0 Å². The topological polar surface area (TPSA) is 80.9 Å². The van der Waals surface area contributed by atoms with Gasteiger partial charge in [0.05, 0.1) is 25.2 Å². The van der Waals surface area contributed by atoms with Crippen LogP contribution in [0.1, 0.15) is 139 Å². The molecule has 0 fully saturated rings. The van der Waals surface area contributed by atoms with E-state index in [2.05, 4.69) is 26.0 Å². The highest BCUT2D eigenvalue weighted by Gasteiger charge is 2.53. The predicted octanol–water partition coefficient (Wildman–Crippen LogP) is 8.25. The monoisotopic (exact) mass is 568 g/mol. The molecule has 0 radical (unpaired) electrons. The van der Waals surface area contributed by atoms with E-state index in [1.54, 1.807) is 0 Å². The molecule has 0 heterocycles. The van der Waals surface area contributed by atoms with Gasteiger partial charge in [0, 0.05) is 0 Å². The first-order valence-electron chi connectivity index (χ1n) is 16.8. The van der Waals surface area contributed by atoms with Crippen molar-refractivity contribution in [3.8, 4) is 0 Å². The summed E-state index contributed by atoms with van der Waals surface area (Å²) in [6, 6.07) is 15.8. The van der Waals surface area contributed by atoms with E-state index in [-0.39, 0.29) is 0 Å².